The summed E-state index contributed by atoms with van der Waals surface area (Å²) in [5.41, 5.74) is 4.08. The summed E-state index contributed by atoms with van der Waals surface area (Å²) >= 11 is 0. The third kappa shape index (κ3) is 3.27. The van der Waals surface area contributed by atoms with Crippen LogP contribution >= 0.6 is 0 Å². The summed E-state index contributed by atoms with van der Waals surface area (Å²) < 4.78 is 19.2. The Morgan fingerprint density at radius 1 is 1.27 bits per heavy atom. The lowest BCUT2D eigenvalue weighted by atomic mass is 10.0. The van der Waals surface area contributed by atoms with E-state index in [4.69, 9.17) is 4.78 Å². The topological polar surface area (TPSA) is 69.9 Å². The fourth-order valence-electron chi connectivity index (χ4n) is 2.84. The Morgan fingerprint density at radius 2 is 2.05 bits per heavy atom. The monoisotopic (exact) mass is 316 g/mol. The van der Waals surface area contributed by atoms with Crippen molar-refractivity contribution >= 4 is 15.5 Å². The molecule has 0 fully saturated rings. The van der Waals surface area contributed by atoms with Crippen molar-refractivity contribution in [1.29, 1.82) is 4.78 Å². The zero-order chi connectivity index (χ0) is 15.7. The van der Waals surface area contributed by atoms with Crippen molar-refractivity contribution < 1.29 is 4.21 Å². The number of fused-ring (bicyclic) bond motifs is 1. The van der Waals surface area contributed by atoms with Crippen LogP contribution in [0.4, 0.5) is 5.82 Å². The molecule has 0 radical (unpaired) electrons. The van der Waals surface area contributed by atoms with Crippen LogP contribution in [0.3, 0.4) is 0 Å². The van der Waals surface area contributed by atoms with Gasteiger partial charge in [0.15, 0.2) is 0 Å². The molecule has 0 saturated carbocycles. The molecule has 0 aliphatic carbocycles. The second-order valence-corrected chi connectivity index (χ2v) is 8.26. The molecule has 5 nitrogen and oxygen atoms in total. The van der Waals surface area contributed by atoms with E-state index in [0.29, 0.717) is 0 Å². The zero-order valence-corrected chi connectivity index (χ0v) is 13.7. The summed E-state index contributed by atoms with van der Waals surface area (Å²) in [4.78, 5) is 11.0. The van der Waals surface area contributed by atoms with E-state index >= 15 is 0 Å². The molecule has 6 heteroatoms. The molecule has 0 saturated heterocycles. The van der Waals surface area contributed by atoms with E-state index in [9.17, 15) is 4.21 Å². The van der Waals surface area contributed by atoms with Crippen LogP contribution in [0.1, 0.15) is 17.5 Å². The SMILES string of the molecule is CN1CCCc2cc(-c3cncc(CS(C)(=N)=O)c3)cnc21. The number of nitrogens with zero attached hydrogens (tertiary/aromatic N) is 3. The lowest BCUT2D eigenvalue weighted by Crippen LogP contribution is -2.25. The van der Waals surface area contributed by atoms with Crippen molar-refractivity contribution in [3.63, 3.8) is 0 Å². The Balaban J connectivity index is 1.96. The number of anilines is 1. The maximum atomic E-state index is 11.7. The van der Waals surface area contributed by atoms with Gasteiger partial charge in [-0.25, -0.2) is 9.19 Å². The van der Waals surface area contributed by atoms with Gasteiger partial charge in [-0.15, -0.1) is 0 Å². The highest BCUT2D eigenvalue weighted by molar-refractivity contribution is 7.90. The van der Waals surface area contributed by atoms with Gasteiger partial charge in [0, 0.05) is 59.3 Å². The molecule has 1 unspecified atom stereocenters. The third-order valence-electron chi connectivity index (χ3n) is 3.81. The van der Waals surface area contributed by atoms with Crippen LogP contribution in [0.25, 0.3) is 11.1 Å². The van der Waals surface area contributed by atoms with Gasteiger partial charge in [-0.05, 0) is 36.1 Å². The Labute approximate surface area is 131 Å². The van der Waals surface area contributed by atoms with Crippen molar-refractivity contribution in [2.45, 2.75) is 18.6 Å². The Kier molecular flexibility index (Phi) is 3.87. The molecule has 2 aromatic heterocycles. The van der Waals surface area contributed by atoms with E-state index in [0.717, 1.165) is 41.9 Å². The molecule has 1 N–H and O–H groups in total. The fourth-order valence-corrected chi connectivity index (χ4v) is 3.64. The highest BCUT2D eigenvalue weighted by atomic mass is 32.2. The number of aryl methyl sites for hydroxylation is 1. The van der Waals surface area contributed by atoms with Crippen LogP contribution < -0.4 is 4.90 Å². The van der Waals surface area contributed by atoms with Gasteiger partial charge >= 0.3 is 0 Å². The molecular formula is C16H20N4OS. The largest absolute Gasteiger partial charge is 0.359 e. The van der Waals surface area contributed by atoms with Gasteiger partial charge < -0.3 is 4.90 Å². The van der Waals surface area contributed by atoms with Gasteiger partial charge in [-0.3, -0.25) is 9.76 Å². The van der Waals surface area contributed by atoms with Gasteiger partial charge in [-0.1, -0.05) is 0 Å². The van der Waals surface area contributed by atoms with Crippen LogP contribution in [0.15, 0.2) is 30.7 Å². The number of rotatable bonds is 3. The predicted octanol–water partition coefficient (Wildman–Crippen LogP) is 2.70. The number of pyridine rings is 2. The first-order valence-electron chi connectivity index (χ1n) is 7.28. The summed E-state index contributed by atoms with van der Waals surface area (Å²) in [7, 11) is -0.492. The highest BCUT2D eigenvalue weighted by Crippen LogP contribution is 2.28. The summed E-state index contributed by atoms with van der Waals surface area (Å²) in [6.07, 6.45) is 8.98. The molecule has 116 valence electrons. The average molecular weight is 316 g/mol. The molecular weight excluding hydrogens is 296 g/mol. The van der Waals surface area contributed by atoms with E-state index in [-0.39, 0.29) is 5.75 Å². The first-order chi connectivity index (χ1) is 10.4. The van der Waals surface area contributed by atoms with Crippen molar-refractivity contribution in [1.82, 2.24) is 9.97 Å². The molecule has 0 aromatic carbocycles. The maximum absolute atomic E-state index is 11.7. The van der Waals surface area contributed by atoms with Crippen LogP contribution in [-0.2, 0) is 21.9 Å². The van der Waals surface area contributed by atoms with Crippen LogP contribution in [0.5, 0.6) is 0 Å². The third-order valence-corrected chi connectivity index (χ3v) is 4.70. The Morgan fingerprint density at radius 3 is 2.82 bits per heavy atom. The van der Waals surface area contributed by atoms with Gasteiger partial charge in [0.2, 0.25) is 0 Å². The first-order valence-corrected chi connectivity index (χ1v) is 9.42. The Hall–Kier alpha value is -1.95. The van der Waals surface area contributed by atoms with Crippen molar-refractivity contribution in [3.8, 4) is 11.1 Å². The molecule has 2 aromatic rings. The smallest absolute Gasteiger partial charge is 0.131 e. The predicted molar refractivity (Wildman–Crippen MR) is 89.5 cm³/mol. The van der Waals surface area contributed by atoms with Gasteiger partial charge in [0.25, 0.3) is 0 Å². The minimum absolute atomic E-state index is 0.231. The fraction of sp³-hybridized carbons (Fsp3) is 0.375. The highest BCUT2D eigenvalue weighted by Gasteiger charge is 2.16. The molecule has 22 heavy (non-hydrogen) atoms. The second kappa shape index (κ2) is 5.68. The average Bonchev–Trinajstić information content (AvgIpc) is 2.46. The van der Waals surface area contributed by atoms with Crippen molar-refractivity contribution in [3.05, 3.63) is 41.9 Å². The molecule has 1 aliphatic heterocycles. The van der Waals surface area contributed by atoms with Crippen LogP contribution in [0, 0.1) is 4.78 Å². The molecule has 3 heterocycles. The number of hydrogen-bond acceptors (Lipinski definition) is 5. The maximum Gasteiger partial charge on any atom is 0.131 e. The normalized spacial score (nSPS) is 16.9. The first kappa shape index (κ1) is 15.0. The quantitative estimate of drug-likeness (QED) is 0.945. The van der Waals surface area contributed by atoms with E-state index in [1.807, 2.05) is 12.3 Å². The minimum atomic E-state index is -2.56. The number of aromatic nitrogens is 2. The van der Waals surface area contributed by atoms with E-state index in [1.54, 1.807) is 12.4 Å². The summed E-state index contributed by atoms with van der Waals surface area (Å²) in [5.74, 6) is 1.29. The van der Waals surface area contributed by atoms with E-state index < -0.39 is 9.73 Å². The molecule has 0 bridgehead atoms. The lowest BCUT2D eigenvalue weighted by Gasteiger charge is -2.26. The molecule has 1 aliphatic rings. The number of nitrogens with one attached hydrogen (secondary N) is 1. The summed E-state index contributed by atoms with van der Waals surface area (Å²) in [6, 6.07) is 4.13. The van der Waals surface area contributed by atoms with E-state index in [1.165, 1.54) is 11.8 Å². The molecule has 3 rings (SSSR count). The molecule has 1 atom stereocenters. The van der Waals surface area contributed by atoms with Crippen molar-refractivity contribution in [2.75, 3.05) is 24.7 Å². The lowest BCUT2D eigenvalue weighted by molar-refractivity contribution is 0.678. The van der Waals surface area contributed by atoms with Gasteiger partial charge in [0.05, 0.1) is 5.75 Å². The Bertz CT molecular complexity index is 802. The van der Waals surface area contributed by atoms with Crippen LogP contribution in [0.2, 0.25) is 0 Å². The van der Waals surface area contributed by atoms with E-state index in [2.05, 4.69) is 28.0 Å². The van der Waals surface area contributed by atoms with Gasteiger partial charge in [0.1, 0.15) is 5.82 Å². The molecule has 0 spiro atoms. The summed E-state index contributed by atoms with van der Waals surface area (Å²) in [6.45, 7) is 1.05. The van der Waals surface area contributed by atoms with Crippen molar-refractivity contribution in [2.24, 2.45) is 0 Å². The minimum Gasteiger partial charge on any atom is -0.359 e. The van der Waals surface area contributed by atoms with Gasteiger partial charge in [-0.2, -0.15) is 0 Å². The zero-order valence-electron chi connectivity index (χ0n) is 12.9. The number of hydrogen-bond donors (Lipinski definition) is 1. The van der Waals surface area contributed by atoms with Crippen LogP contribution in [-0.4, -0.2) is 34.0 Å². The molecule has 0 amide bonds. The second-order valence-electron chi connectivity index (χ2n) is 5.96. The standard InChI is InChI=1S/C16H20N4OS/c1-20-5-3-4-13-7-15(10-19-16(13)20)14-6-12(8-18-9-14)11-22(2,17)21/h6-10,17H,3-5,11H2,1-2H3. The summed E-state index contributed by atoms with van der Waals surface area (Å²) in [5, 5.41) is 0.